The fraction of sp³-hybridized carbons (Fsp3) is 0.647. The van der Waals surface area contributed by atoms with E-state index in [1.165, 1.54) is 5.56 Å². The fourth-order valence-corrected chi connectivity index (χ4v) is 1.75. The number of rotatable bonds is 6. The van der Waals surface area contributed by atoms with Gasteiger partial charge in [-0.05, 0) is 49.8 Å². The number of benzene rings is 1. The molecule has 0 aliphatic heterocycles. The topological polar surface area (TPSA) is 18.5 Å². The van der Waals surface area contributed by atoms with Gasteiger partial charge in [-0.1, -0.05) is 33.8 Å². The zero-order chi connectivity index (χ0) is 14.7. The minimum atomic E-state index is -0.172. The summed E-state index contributed by atoms with van der Waals surface area (Å²) in [5.41, 5.74) is 1.27. The third-order valence-corrected chi connectivity index (χ3v) is 4.07. The molecule has 19 heavy (non-hydrogen) atoms. The Kier molecular flexibility index (Phi) is 4.89. The molecule has 108 valence electrons. The highest BCUT2D eigenvalue weighted by Gasteiger charge is 2.23. The highest BCUT2D eigenvalue weighted by molar-refractivity contribution is 5.45. The first-order valence-corrected chi connectivity index (χ1v) is 7.13. The van der Waals surface area contributed by atoms with Gasteiger partial charge in [0.25, 0.3) is 0 Å². The molecule has 0 unspecified atom stereocenters. The van der Waals surface area contributed by atoms with E-state index in [9.17, 15) is 0 Å². The first kappa shape index (κ1) is 15.9. The van der Waals surface area contributed by atoms with Crippen molar-refractivity contribution in [2.75, 3.05) is 7.11 Å². The van der Waals surface area contributed by atoms with Crippen LogP contribution in [0.15, 0.2) is 18.2 Å². The van der Waals surface area contributed by atoms with Crippen LogP contribution in [0.5, 0.6) is 11.5 Å². The lowest BCUT2D eigenvalue weighted by Crippen LogP contribution is -2.27. The van der Waals surface area contributed by atoms with E-state index in [2.05, 4.69) is 53.7 Å². The van der Waals surface area contributed by atoms with Crippen LogP contribution in [0.4, 0.5) is 0 Å². The van der Waals surface area contributed by atoms with Crippen molar-refractivity contribution in [2.24, 2.45) is 0 Å². The smallest absolute Gasteiger partial charge is 0.161 e. The van der Waals surface area contributed by atoms with E-state index >= 15 is 0 Å². The van der Waals surface area contributed by atoms with Gasteiger partial charge in [-0.2, -0.15) is 0 Å². The standard InChI is InChI=1S/C17H28O2/c1-8-16(3,4)13-10-11-14(15(12-13)18-7)19-17(5,6)9-2/h10-12H,8-9H2,1-7H3. The highest BCUT2D eigenvalue weighted by atomic mass is 16.5. The molecule has 0 aliphatic rings. The Bertz CT molecular complexity index is 419. The molecule has 0 spiro atoms. The largest absolute Gasteiger partial charge is 0.493 e. The van der Waals surface area contributed by atoms with Gasteiger partial charge in [0.2, 0.25) is 0 Å². The van der Waals surface area contributed by atoms with Crippen molar-refractivity contribution < 1.29 is 9.47 Å². The molecule has 1 aromatic carbocycles. The number of hydrogen-bond acceptors (Lipinski definition) is 2. The Hall–Kier alpha value is -1.18. The van der Waals surface area contributed by atoms with Crippen molar-refractivity contribution in [3.63, 3.8) is 0 Å². The number of hydrogen-bond donors (Lipinski definition) is 0. The zero-order valence-corrected chi connectivity index (χ0v) is 13.5. The van der Waals surface area contributed by atoms with E-state index in [4.69, 9.17) is 9.47 Å². The normalized spacial score (nSPS) is 12.4. The molecule has 0 bridgehead atoms. The summed E-state index contributed by atoms with van der Waals surface area (Å²) in [6.07, 6.45) is 2.05. The molecule has 1 aromatic rings. The maximum Gasteiger partial charge on any atom is 0.161 e. The Morgan fingerprint density at radius 2 is 1.58 bits per heavy atom. The van der Waals surface area contributed by atoms with Crippen LogP contribution in [-0.4, -0.2) is 12.7 Å². The van der Waals surface area contributed by atoms with Crippen molar-refractivity contribution in [2.45, 2.75) is 65.4 Å². The average molecular weight is 264 g/mol. The summed E-state index contributed by atoms with van der Waals surface area (Å²) < 4.78 is 11.5. The van der Waals surface area contributed by atoms with Gasteiger partial charge < -0.3 is 9.47 Å². The lowest BCUT2D eigenvalue weighted by molar-refractivity contribution is 0.101. The van der Waals surface area contributed by atoms with E-state index in [-0.39, 0.29) is 11.0 Å². The lowest BCUT2D eigenvalue weighted by atomic mass is 9.82. The summed E-state index contributed by atoms with van der Waals surface area (Å²) in [5, 5.41) is 0. The van der Waals surface area contributed by atoms with Crippen LogP contribution in [0, 0.1) is 0 Å². The molecule has 0 radical (unpaired) electrons. The minimum Gasteiger partial charge on any atom is -0.493 e. The molecule has 1 rings (SSSR count). The third kappa shape index (κ3) is 3.89. The molecule has 0 saturated heterocycles. The van der Waals surface area contributed by atoms with Crippen molar-refractivity contribution in [1.82, 2.24) is 0 Å². The van der Waals surface area contributed by atoms with Gasteiger partial charge in [-0.25, -0.2) is 0 Å². The van der Waals surface area contributed by atoms with E-state index in [1.807, 2.05) is 6.07 Å². The molecule has 0 saturated carbocycles. The van der Waals surface area contributed by atoms with Crippen LogP contribution in [0.3, 0.4) is 0 Å². The Labute approximate surface area is 118 Å². The predicted molar refractivity (Wildman–Crippen MR) is 81.3 cm³/mol. The second-order valence-corrected chi connectivity index (χ2v) is 6.32. The van der Waals surface area contributed by atoms with Crippen LogP contribution in [0.1, 0.15) is 59.9 Å². The molecule has 0 amide bonds. The maximum atomic E-state index is 6.05. The molecule has 0 fully saturated rings. The van der Waals surface area contributed by atoms with Gasteiger partial charge in [-0.15, -0.1) is 0 Å². The van der Waals surface area contributed by atoms with Crippen LogP contribution in [0.2, 0.25) is 0 Å². The molecule has 2 heteroatoms. The molecule has 0 atom stereocenters. The molecule has 0 aromatic heterocycles. The van der Waals surface area contributed by atoms with E-state index in [0.717, 1.165) is 24.3 Å². The minimum absolute atomic E-state index is 0.159. The second kappa shape index (κ2) is 5.85. The van der Waals surface area contributed by atoms with Gasteiger partial charge in [0.15, 0.2) is 11.5 Å². The molecular weight excluding hydrogens is 236 g/mol. The molecule has 0 heterocycles. The van der Waals surface area contributed by atoms with E-state index in [1.54, 1.807) is 7.11 Å². The Morgan fingerprint density at radius 1 is 0.947 bits per heavy atom. The van der Waals surface area contributed by atoms with Gasteiger partial charge in [0.05, 0.1) is 7.11 Å². The average Bonchev–Trinajstić information content (AvgIpc) is 2.38. The first-order chi connectivity index (χ1) is 8.75. The van der Waals surface area contributed by atoms with Crippen molar-refractivity contribution in [3.05, 3.63) is 23.8 Å². The summed E-state index contributed by atoms with van der Waals surface area (Å²) in [6.45, 7) is 13.0. The molecule has 2 nitrogen and oxygen atoms in total. The fourth-order valence-electron chi connectivity index (χ4n) is 1.75. The summed E-state index contributed by atoms with van der Waals surface area (Å²) in [4.78, 5) is 0. The zero-order valence-electron chi connectivity index (χ0n) is 13.5. The summed E-state index contributed by atoms with van der Waals surface area (Å²) in [5.74, 6) is 1.64. The van der Waals surface area contributed by atoms with Crippen molar-refractivity contribution >= 4 is 0 Å². The summed E-state index contributed by atoms with van der Waals surface area (Å²) in [7, 11) is 1.70. The molecule has 0 aliphatic carbocycles. The quantitative estimate of drug-likeness (QED) is 0.723. The van der Waals surface area contributed by atoms with Gasteiger partial charge in [-0.3, -0.25) is 0 Å². The Morgan fingerprint density at radius 3 is 2.05 bits per heavy atom. The SMILES string of the molecule is CCC(C)(C)Oc1ccc(C(C)(C)CC)cc1OC. The van der Waals surface area contributed by atoms with Crippen LogP contribution in [-0.2, 0) is 5.41 Å². The number of ether oxygens (including phenoxy) is 2. The lowest BCUT2D eigenvalue weighted by Gasteiger charge is -2.28. The van der Waals surface area contributed by atoms with E-state index < -0.39 is 0 Å². The van der Waals surface area contributed by atoms with Crippen molar-refractivity contribution in [1.29, 1.82) is 0 Å². The van der Waals surface area contributed by atoms with Crippen LogP contribution >= 0.6 is 0 Å². The first-order valence-electron chi connectivity index (χ1n) is 7.13. The van der Waals surface area contributed by atoms with E-state index in [0.29, 0.717) is 0 Å². The predicted octanol–water partition coefficient (Wildman–Crippen LogP) is 4.95. The molecular formula is C17H28O2. The Balaban J connectivity index is 3.10. The maximum absolute atomic E-state index is 6.05. The van der Waals surface area contributed by atoms with Gasteiger partial charge >= 0.3 is 0 Å². The highest BCUT2D eigenvalue weighted by Crippen LogP contribution is 2.36. The van der Waals surface area contributed by atoms with Crippen LogP contribution < -0.4 is 9.47 Å². The third-order valence-electron chi connectivity index (χ3n) is 4.07. The summed E-state index contributed by atoms with van der Waals surface area (Å²) in [6, 6.07) is 6.28. The monoisotopic (exact) mass is 264 g/mol. The second-order valence-electron chi connectivity index (χ2n) is 6.32. The van der Waals surface area contributed by atoms with Gasteiger partial charge in [0, 0.05) is 0 Å². The molecule has 0 N–H and O–H groups in total. The van der Waals surface area contributed by atoms with Crippen LogP contribution in [0.25, 0.3) is 0 Å². The van der Waals surface area contributed by atoms with Gasteiger partial charge in [0.1, 0.15) is 5.60 Å². The summed E-state index contributed by atoms with van der Waals surface area (Å²) >= 11 is 0. The van der Waals surface area contributed by atoms with Crippen molar-refractivity contribution in [3.8, 4) is 11.5 Å². The number of methoxy groups -OCH3 is 1.